The molecule has 0 radical (unpaired) electrons. The number of carboxylic acid groups (broad SMARTS) is 1. The monoisotopic (exact) mass is 246 g/mol. The minimum absolute atomic E-state index is 0.0233. The Hall–Kier alpha value is -1.43. The molecule has 0 saturated heterocycles. The molecular formula is C10H11FO4S. The summed E-state index contributed by atoms with van der Waals surface area (Å²) in [6.45, 7) is 0. The summed E-state index contributed by atoms with van der Waals surface area (Å²) in [4.78, 5) is 9.93. The summed E-state index contributed by atoms with van der Waals surface area (Å²) < 4.78 is 36.0. The first kappa shape index (κ1) is 12.6. The zero-order valence-corrected chi connectivity index (χ0v) is 9.42. The Morgan fingerprint density at radius 1 is 1.44 bits per heavy atom. The van der Waals surface area contributed by atoms with Crippen LogP contribution in [0, 0.1) is 5.82 Å². The van der Waals surface area contributed by atoms with Crippen LogP contribution in [0.25, 0.3) is 0 Å². The van der Waals surface area contributed by atoms with E-state index in [1.165, 1.54) is 12.1 Å². The van der Waals surface area contributed by atoms with Gasteiger partial charge in [0.2, 0.25) is 0 Å². The fraction of sp³-hybridized carbons (Fsp3) is 0.300. The number of carboxylic acids is 1. The number of sulfone groups is 1. The molecule has 1 rings (SSSR count). The number of aliphatic carboxylic acids is 1. The second kappa shape index (κ2) is 4.61. The first-order chi connectivity index (χ1) is 7.32. The lowest BCUT2D eigenvalue weighted by Crippen LogP contribution is -2.05. The first-order valence-electron chi connectivity index (χ1n) is 4.51. The predicted molar refractivity (Wildman–Crippen MR) is 55.5 cm³/mol. The third kappa shape index (κ3) is 3.03. The molecule has 88 valence electrons. The number of rotatable bonds is 4. The van der Waals surface area contributed by atoms with E-state index < -0.39 is 26.5 Å². The summed E-state index contributed by atoms with van der Waals surface area (Å²) in [6, 6.07) is 3.94. The van der Waals surface area contributed by atoms with Gasteiger partial charge in [-0.3, -0.25) is 4.79 Å². The highest BCUT2D eigenvalue weighted by atomic mass is 32.2. The lowest BCUT2D eigenvalue weighted by Gasteiger charge is -2.05. The van der Waals surface area contributed by atoms with E-state index >= 15 is 0 Å². The van der Waals surface area contributed by atoms with Gasteiger partial charge in [-0.25, -0.2) is 12.8 Å². The molecule has 0 aliphatic carbocycles. The standard InChI is InChI=1S/C10H11FO4S/c1-16(14,15)8-4-2-3-7(10(8)11)5-6-9(12)13/h2-4H,5-6H2,1H3,(H,12,13). The lowest BCUT2D eigenvalue weighted by atomic mass is 10.1. The highest BCUT2D eigenvalue weighted by molar-refractivity contribution is 7.90. The number of hydrogen-bond donors (Lipinski definition) is 1. The minimum Gasteiger partial charge on any atom is -0.481 e. The molecule has 0 amide bonds. The van der Waals surface area contributed by atoms with Crippen molar-refractivity contribution in [3.8, 4) is 0 Å². The van der Waals surface area contributed by atoms with Gasteiger partial charge in [0.25, 0.3) is 0 Å². The van der Waals surface area contributed by atoms with Crippen LogP contribution in [-0.4, -0.2) is 25.7 Å². The van der Waals surface area contributed by atoms with E-state index in [1.807, 2.05) is 0 Å². The summed E-state index contributed by atoms with van der Waals surface area (Å²) in [5, 5.41) is 8.45. The average molecular weight is 246 g/mol. The lowest BCUT2D eigenvalue weighted by molar-refractivity contribution is -0.136. The van der Waals surface area contributed by atoms with Crippen LogP contribution < -0.4 is 0 Å². The maximum atomic E-state index is 13.6. The van der Waals surface area contributed by atoms with Crippen LogP contribution in [0.3, 0.4) is 0 Å². The number of hydrogen-bond acceptors (Lipinski definition) is 3. The molecule has 0 unspecified atom stereocenters. The highest BCUT2D eigenvalue weighted by Gasteiger charge is 2.16. The van der Waals surface area contributed by atoms with Crippen LogP contribution in [0.5, 0.6) is 0 Å². The third-order valence-electron chi connectivity index (χ3n) is 2.05. The Labute approximate surface area is 92.6 Å². The predicted octanol–water partition coefficient (Wildman–Crippen LogP) is 1.25. The van der Waals surface area contributed by atoms with E-state index in [-0.39, 0.29) is 18.4 Å². The maximum Gasteiger partial charge on any atom is 0.303 e. The second-order valence-electron chi connectivity index (χ2n) is 3.40. The highest BCUT2D eigenvalue weighted by Crippen LogP contribution is 2.19. The molecule has 0 spiro atoms. The Bertz CT molecular complexity index is 508. The first-order valence-corrected chi connectivity index (χ1v) is 6.40. The molecule has 0 aliphatic heterocycles. The van der Waals surface area contributed by atoms with Crippen molar-refractivity contribution < 1.29 is 22.7 Å². The van der Waals surface area contributed by atoms with Crippen molar-refractivity contribution in [2.75, 3.05) is 6.26 Å². The van der Waals surface area contributed by atoms with Gasteiger partial charge in [0.1, 0.15) is 10.7 Å². The van der Waals surface area contributed by atoms with Crippen LogP contribution in [0.4, 0.5) is 4.39 Å². The second-order valence-corrected chi connectivity index (χ2v) is 5.38. The minimum atomic E-state index is -3.62. The number of halogens is 1. The smallest absolute Gasteiger partial charge is 0.303 e. The molecule has 6 heteroatoms. The Balaban J connectivity index is 3.10. The summed E-state index contributed by atoms with van der Waals surface area (Å²) in [6.07, 6.45) is 0.654. The quantitative estimate of drug-likeness (QED) is 0.867. The van der Waals surface area contributed by atoms with Gasteiger partial charge in [-0.05, 0) is 18.1 Å². The fourth-order valence-electron chi connectivity index (χ4n) is 1.28. The Morgan fingerprint density at radius 2 is 2.06 bits per heavy atom. The number of benzene rings is 1. The molecular weight excluding hydrogens is 235 g/mol. The summed E-state index contributed by atoms with van der Waals surface area (Å²) in [7, 11) is -3.62. The topological polar surface area (TPSA) is 71.4 Å². The van der Waals surface area contributed by atoms with Gasteiger partial charge in [0.05, 0.1) is 0 Å². The molecule has 0 aromatic heterocycles. The van der Waals surface area contributed by atoms with Crippen molar-refractivity contribution in [2.45, 2.75) is 17.7 Å². The van der Waals surface area contributed by atoms with Gasteiger partial charge in [0.15, 0.2) is 9.84 Å². The van der Waals surface area contributed by atoms with Crippen molar-refractivity contribution in [1.29, 1.82) is 0 Å². The zero-order valence-electron chi connectivity index (χ0n) is 8.60. The van der Waals surface area contributed by atoms with Crippen LogP contribution in [0.1, 0.15) is 12.0 Å². The van der Waals surface area contributed by atoms with E-state index in [1.54, 1.807) is 0 Å². The molecule has 0 heterocycles. The summed E-state index contributed by atoms with van der Waals surface area (Å²) in [5.74, 6) is -1.91. The molecule has 1 aromatic rings. The Morgan fingerprint density at radius 3 is 2.56 bits per heavy atom. The van der Waals surface area contributed by atoms with Crippen molar-refractivity contribution >= 4 is 15.8 Å². The summed E-state index contributed by atoms with van der Waals surface area (Å²) >= 11 is 0. The van der Waals surface area contributed by atoms with E-state index in [0.717, 1.165) is 12.3 Å². The van der Waals surface area contributed by atoms with Crippen molar-refractivity contribution in [1.82, 2.24) is 0 Å². The average Bonchev–Trinajstić information content (AvgIpc) is 2.14. The normalized spacial score (nSPS) is 11.4. The zero-order chi connectivity index (χ0) is 12.3. The number of aryl methyl sites for hydroxylation is 1. The fourth-order valence-corrected chi connectivity index (χ4v) is 2.06. The molecule has 0 fully saturated rings. The van der Waals surface area contributed by atoms with Crippen LogP contribution in [0.2, 0.25) is 0 Å². The van der Waals surface area contributed by atoms with Crippen molar-refractivity contribution in [3.05, 3.63) is 29.6 Å². The number of carbonyl (C=O) groups is 1. The van der Waals surface area contributed by atoms with E-state index in [0.29, 0.717) is 0 Å². The molecule has 4 nitrogen and oxygen atoms in total. The van der Waals surface area contributed by atoms with Crippen LogP contribution in [0.15, 0.2) is 23.1 Å². The van der Waals surface area contributed by atoms with Gasteiger partial charge in [-0.1, -0.05) is 12.1 Å². The third-order valence-corrected chi connectivity index (χ3v) is 3.17. The van der Waals surface area contributed by atoms with Gasteiger partial charge in [0, 0.05) is 12.7 Å². The largest absolute Gasteiger partial charge is 0.481 e. The van der Waals surface area contributed by atoms with Gasteiger partial charge in [-0.2, -0.15) is 0 Å². The van der Waals surface area contributed by atoms with Crippen molar-refractivity contribution in [2.24, 2.45) is 0 Å². The van der Waals surface area contributed by atoms with Gasteiger partial charge in [-0.15, -0.1) is 0 Å². The molecule has 1 N–H and O–H groups in total. The molecule has 1 aromatic carbocycles. The van der Waals surface area contributed by atoms with Crippen LogP contribution >= 0.6 is 0 Å². The summed E-state index contributed by atoms with van der Waals surface area (Å²) in [5.41, 5.74) is 0.102. The van der Waals surface area contributed by atoms with Gasteiger partial charge >= 0.3 is 5.97 Å². The molecule has 0 aliphatic rings. The van der Waals surface area contributed by atoms with Crippen LogP contribution in [-0.2, 0) is 21.1 Å². The molecule has 0 atom stereocenters. The van der Waals surface area contributed by atoms with E-state index in [2.05, 4.69) is 0 Å². The maximum absolute atomic E-state index is 13.6. The van der Waals surface area contributed by atoms with Gasteiger partial charge < -0.3 is 5.11 Å². The van der Waals surface area contributed by atoms with E-state index in [4.69, 9.17) is 5.11 Å². The SMILES string of the molecule is CS(=O)(=O)c1cccc(CCC(=O)O)c1F. The molecule has 0 bridgehead atoms. The van der Waals surface area contributed by atoms with Crippen molar-refractivity contribution in [3.63, 3.8) is 0 Å². The Kier molecular flexibility index (Phi) is 3.64. The van der Waals surface area contributed by atoms with E-state index in [9.17, 15) is 17.6 Å². The molecule has 16 heavy (non-hydrogen) atoms. The molecule has 0 saturated carbocycles.